The van der Waals surface area contributed by atoms with E-state index < -0.39 is 5.97 Å². The van der Waals surface area contributed by atoms with Gasteiger partial charge in [0.15, 0.2) is 0 Å². The maximum Gasteiger partial charge on any atom is 0.323 e. The molecule has 1 aliphatic rings. The van der Waals surface area contributed by atoms with E-state index in [4.69, 9.17) is 9.84 Å². The molecule has 6 nitrogen and oxygen atoms in total. The van der Waals surface area contributed by atoms with Crippen LogP contribution in [0.25, 0.3) is 0 Å². The van der Waals surface area contributed by atoms with Crippen LogP contribution in [0.5, 0.6) is 0 Å². The molecule has 0 aromatic carbocycles. The lowest BCUT2D eigenvalue weighted by Gasteiger charge is -2.32. The molecule has 7 heteroatoms. The third-order valence-corrected chi connectivity index (χ3v) is 4.66. The van der Waals surface area contributed by atoms with E-state index in [-0.39, 0.29) is 25.2 Å². The highest BCUT2D eigenvalue weighted by atomic mass is 32.2. The van der Waals surface area contributed by atoms with Gasteiger partial charge >= 0.3 is 12.0 Å². The summed E-state index contributed by atoms with van der Waals surface area (Å²) in [6.07, 6.45) is 6.42. The molecule has 2 N–H and O–H groups in total. The Bertz CT molecular complexity index is 327. The minimum atomic E-state index is -1.01. The number of aliphatic carboxylic acids is 1. The first-order chi connectivity index (χ1) is 9.58. The zero-order valence-corrected chi connectivity index (χ0v) is 12.9. The number of thioether (sulfide) groups is 1. The molecule has 2 unspecified atom stereocenters. The first-order valence-electron chi connectivity index (χ1n) is 6.87. The SMILES string of the molecule is COCCN(CC(=O)O)C(=O)NC1CCCCC1SC. The highest BCUT2D eigenvalue weighted by Crippen LogP contribution is 2.27. The van der Waals surface area contributed by atoms with Gasteiger partial charge in [0.2, 0.25) is 0 Å². The smallest absolute Gasteiger partial charge is 0.323 e. The van der Waals surface area contributed by atoms with E-state index in [1.165, 1.54) is 18.4 Å². The van der Waals surface area contributed by atoms with Gasteiger partial charge in [0.1, 0.15) is 6.54 Å². The van der Waals surface area contributed by atoms with Crippen LogP contribution in [0.15, 0.2) is 0 Å². The van der Waals surface area contributed by atoms with Gasteiger partial charge in [-0.2, -0.15) is 11.8 Å². The highest BCUT2D eigenvalue weighted by molar-refractivity contribution is 7.99. The number of rotatable bonds is 7. The molecule has 0 aromatic rings. The number of amides is 2. The number of hydrogen-bond acceptors (Lipinski definition) is 4. The minimum Gasteiger partial charge on any atom is -0.480 e. The van der Waals surface area contributed by atoms with Crippen LogP contribution in [0.4, 0.5) is 4.79 Å². The molecule has 0 spiro atoms. The Morgan fingerprint density at radius 3 is 2.70 bits per heavy atom. The third kappa shape index (κ3) is 5.58. The molecular formula is C13H24N2O4S. The fourth-order valence-electron chi connectivity index (χ4n) is 2.41. The summed E-state index contributed by atoms with van der Waals surface area (Å²) in [7, 11) is 1.53. The van der Waals surface area contributed by atoms with Gasteiger partial charge in [-0.1, -0.05) is 12.8 Å². The summed E-state index contributed by atoms with van der Waals surface area (Å²) < 4.78 is 4.92. The molecule has 0 heterocycles. The Labute approximate surface area is 124 Å². The van der Waals surface area contributed by atoms with Gasteiger partial charge in [-0.25, -0.2) is 4.79 Å². The van der Waals surface area contributed by atoms with Crippen molar-refractivity contribution in [3.05, 3.63) is 0 Å². The van der Waals surface area contributed by atoms with E-state index in [9.17, 15) is 9.59 Å². The lowest BCUT2D eigenvalue weighted by molar-refractivity contribution is -0.137. The van der Waals surface area contributed by atoms with E-state index in [1.807, 2.05) is 0 Å². The van der Waals surface area contributed by atoms with Crippen molar-refractivity contribution in [2.45, 2.75) is 37.0 Å². The zero-order chi connectivity index (χ0) is 15.0. The summed E-state index contributed by atoms with van der Waals surface area (Å²) in [6.45, 7) is 0.314. The fraction of sp³-hybridized carbons (Fsp3) is 0.846. The average Bonchev–Trinajstić information content (AvgIpc) is 2.43. The number of urea groups is 1. The topological polar surface area (TPSA) is 78.9 Å². The van der Waals surface area contributed by atoms with Gasteiger partial charge in [-0.3, -0.25) is 4.79 Å². The Morgan fingerprint density at radius 1 is 1.40 bits per heavy atom. The van der Waals surface area contributed by atoms with Gasteiger partial charge in [-0.05, 0) is 19.1 Å². The Hall–Kier alpha value is -0.950. The molecule has 0 saturated heterocycles. The van der Waals surface area contributed by atoms with Crippen LogP contribution in [0, 0.1) is 0 Å². The maximum atomic E-state index is 12.2. The van der Waals surface area contributed by atoms with E-state index in [2.05, 4.69) is 11.6 Å². The van der Waals surface area contributed by atoms with Crippen molar-refractivity contribution >= 4 is 23.8 Å². The van der Waals surface area contributed by atoms with Crippen molar-refractivity contribution in [2.75, 3.05) is 33.1 Å². The standard InChI is InChI=1S/C13H24N2O4S/c1-19-8-7-15(9-12(16)17)13(18)14-10-5-3-4-6-11(10)20-2/h10-11H,3-9H2,1-2H3,(H,14,18)(H,16,17). The normalized spacial score (nSPS) is 22.3. The van der Waals surface area contributed by atoms with Crippen LogP contribution in [-0.4, -0.2) is 66.4 Å². The zero-order valence-electron chi connectivity index (χ0n) is 12.1. The molecule has 0 bridgehead atoms. The monoisotopic (exact) mass is 304 g/mol. The minimum absolute atomic E-state index is 0.130. The number of nitrogens with one attached hydrogen (secondary N) is 1. The molecule has 2 atom stereocenters. The Morgan fingerprint density at radius 2 is 2.10 bits per heavy atom. The van der Waals surface area contributed by atoms with Gasteiger partial charge in [-0.15, -0.1) is 0 Å². The quantitative estimate of drug-likeness (QED) is 0.743. The number of carbonyl (C=O) groups is 2. The molecule has 0 radical (unpaired) electrons. The van der Waals surface area contributed by atoms with Crippen molar-refractivity contribution < 1.29 is 19.4 Å². The molecule has 116 valence electrons. The Balaban J connectivity index is 2.56. The van der Waals surface area contributed by atoms with E-state index >= 15 is 0 Å². The lowest BCUT2D eigenvalue weighted by atomic mass is 9.95. The first kappa shape index (κ1) is 17.1. The molecule has 1 rings (SSSR count). The number of nitrogens with zero attached hydrogens (tertiary/aromatic N) is 1. The second-order valence-corrected chi connectivity index (χ2v) is 6.00. The number of ether oxygens (including phenoxy) is 1. The molecule has 1 fully saturated rings. The predicted molar refractivity (Wildman–Crippen MR) is 79.2 cm³/mol. The van der Waals surface area contributed by atoms with Crippen LogP contribution in [0.3, 0.4) is 0 Å². The van der Waals surface area contributed by atoms with Crippen LogP contribution in [0.1, 0.15) is 25.7 Å². The molecule has 0 aromatic heterocycles. The molecule has 1 aliphatic carbocycles. The summed E-state index contributed by atoms with van der Waals surface area (Å²) in [5.74, 6) is -1.01. The second-order valence-electron chi connectivity index (χ2n) is 4.92. The number of methoxy groups -OCH3 is 1. The molecule has 0 aliphatic heterocycles. The van der Waals surface area contributed by atoms with Crippen LogP contribution >= 0.6 is 11.8 Å². The van der Waals surface area contributed by atoms with Crippen LogP contribution in [-0.2, 0) is 9.53 Å². The number of hydrogen-bond donors (Lipinski definition) is 2. The first-order valence-corrected chi connectivity index (χ1v) is 8.16. The number of carbonyl (C=O) groups excluding carboxylic acids is 1. The number of carboxylic acid groups (broad SMARTS) is 1. The van der Waals surface area contributed by atoms with Crippen molar-refractivity contribution in [1.82, 2.24) is 10.2 Å². The number of carboxylic acids is 1. The van der Waals surface area contributed by atoms with E-state index in [1.54, 1.807) is 11.8 Å². The molecule has 1 saturated carbocycles. The van der Waals surface area contributed by atoms with Gasteiger partial charge in [0.05, 0.1) is 6.61 Å². The summed E-state index contributed by atoms with van der Waals surface area (Å²) in [4.78, 5) is 24.3. The largest absolute Gasteiger partial charge is 0.480 e. The van der Waals surface area contributed by atoms with Crippen LogP contribution in [0.2, 0.25) is 0 Å². The van der Waals surface area contributed by atoms with Crippen molar-refractivity contribution in [2.24, 2.45) is 0 Å². The molecular weight excluding hydrogens is 280 g/mol. The van der Waals surface area contributed by atoms with Crippen LogP contribution < -0.4 is 5.32 Å². The maximum absolute atomic E-state index is 12.2. The van der Waals surface area contributed by atoms with Crippen molar-refractivity contribution in [1.29, 1.82) is 0 Å². The summed E-state index contributed by atoms with van der Waals surface area (Å²) in [5.41, 5.74) is 0. The predicted octanol–water partition coefficient (Wildman–Crippen LogP) is 1.40. The fourth-order valence-corrected chi connectivity index (χ4v) is 3.35. The van der Waals surface area contributed by atoms with Crippen molar-refractivity contribution in [3.63, 3.8) is 0 Å². The molecule has 20 heavy (non-hydrogen) atoms. The van der Waals surface area contributed by atoms with E-state index in [0.717, 1.165) is 19.3 Å². The second kappa shape index (κ2) is 9.07. The average molecular weight is 304 g/mol. The Kier molecular flexibility index (Phi) is 7.76. The van der Waals surface area contributed by atoms with Gasteiger partial charge in [0.25, 0.3) is 0 Å². The summed E-state index contributed by atoms with van der Waals surface area (Å²) in [6, 6.07) is -0.180. The van der Waals surface area contributed by atoms with Gasteiger partial charge < -0.3 is 20.1 Å². The third-order valence-electron chi connectivity index (χ3n) is 3.49. The van der Waals surface area contributed by atoms with E-state index in [0.29, 0.717) is 11.9 Å². The lowest BCUT2D eigenvalue weighted by Crippen LogP contribution is -2.51. The van der Waals surface area contributed by atoms with Gasteiger partial charge in [0, 0.05) is 24.9 Å². The summed E-state index contributed by atoms with van der Waals surface area (Å²) in [5, 5.41) is 12.3. The molecule has 2 amide bonds. The highest BCUT2D eigenvalue weighted by Gasteiger charge is 2.27. The summed E-state index contributed by atoms with van der Waals surface area (Å²) >= 11 is 1.77. The van der Waals surface area contributed by atoms with Crippen molar-refractivity contribution in [3.8, 4) is 0 Å².